The molecule has 1 unspecified atom stereocenters. The van der Waals surface area contributed by atoms with E-state index in [1.54, 1.807) is 25.3 Å². The molecule has 0 spiro atoms. The van der Waals surface area contributed by atoms with E-state index >= 15 is 0 Å². The number of carbonyl (C=O) groups is 2. The molecule has 1 amide bonds. The molecule has 176 valence electrons. The van der Waals surface area contributed by atoms with Gasteiger partial charge in [-0.25, -0.2) is 0 Å². The van der Waals surface area contributed by atoms with Crippen molar-refractivity contribution in [2.24, 2.45) is 0 Å². The summed E-state index contributed by atoms with van der Waals surface area (Å²) < 4.78 is 11.1. The van der Waals surface area contributed by atoms with Gasteiger partial charge in [-0.05, 0) is 54.7 Å². The minimum atomic E-state index is -0.690. The number of benzene rings is 2. The van der Waals surface area contributed by atoms with Crippen molar-refractivity contribution >= 4 is 17.4 Å². The van der Waals surface area contributed by atoms with Crippen molar-refractivity contribution in [3.8, 4) is 11.5 Å². The number of rotatable bonds is 7. The number of Topliss-reactive ketones (excluding diaryl/α,β-unsaturated/α-hetero) is 1. The normalized spacial score (nSPS) is 18.0. The number of aliphatic hydroxyl groups is 1. The Balaban J connectivity index is 2.22. The van der Waals surface area contributed by atoms with Crippen LogP contribution in [0.2, 0.25) is 0 Å². The number of amides is 1. The Hall–Kier alpha value is -3.28. The lowest BCUT2D eigenvalue weighted by molar-refractivity contribution is -0.139. The van der Waals surface area contributed by atoms with Crippen LogP contribution in [0, 0.1) is 0 Å². The van der Waals surface area contributed by atoms with E-state index in [9.17, 15) is 14.7 Å². The zero-order valence-corrected chi connectivity index (χ0v) is 20.3. The van der Waals surface area contributed by atoms with Gasteiger partial charge in [0.25, 0.3) is 11.7 Å². The number of hydrogen-bond acceptors (Lipinski definition) is 5. The Morgan fingerprint density at radius 3 is 2.42 bits per heavy atom. The van der Waals surface area contributed by atoms with Crippen LogP contribution in [0.15, 0.2) is 48.0 Å². The zero-order chi connectivity index (χ0) is 24.3. The van der Waals surface area contributed by atoms with Crippen LogP contribution in [-0.2, 0) is 15.0 Å². The van der Waals surface area contributed by atoms with Gasteiger partial charge in [0.1, 0.15) is 17.3 Å². The highest BCUT2D eigenvalue weighted by atomic mass is 16.5. The molecule has 2 aromatic carbocycles. The van der Waals surface area contributed by atoms with Gasteiger partial charge in [-0.3, -0.25) is 9.59 Å². The molecule has 0 radical (unpaired) electrons. The summed E-state index contributed by atoms with van der Waals surface area (Å²) >= 11 is 0. The van der Waals surface area contributed by atoms with Crippen molar-refractivity contribution in [1.82, 2.24) is 4.90 Å². The van der Waals surface area contributed by atoms with Crippen LogP contribution < -0.4 is 9.47 Å². The van der Waals surface area contributed by atoms with Crippen LogP contribution in [-0.4, -0.2) is 42.0 Å². The SMILES string of the molecule is CCCN1C(=O)C(=O)/C(=C(\O)c2ccc(OCC)c(C(C)(C)C)c2)C1c1cccc(OC)c1. The number of carbonyl (C=O) groups excluding carboxylic acids is 2. The lowest BCUT2D eigenvalue weighted by Gasteiger charge is -2.26. The average molecular weight is 452 g/mol. The number of methoxy groups -OCH3 is 1. The summed E-state index contributed by atoms with van der Waals surface area (Å²) in [6, 6.07) is 11.9. The van der Waals surface area contributed by atoms with E-state index in [0.29, 0.717) is 36.4 Å². The van der Waals surface area contributed by atoms with Crippen LogP contribution in [0.3, 0.4) is 0 Å². The number of hydrogen-bond donors (Lipinski definition) is 1. The molecule has 2 aromatic rings. The van der Waals surface area contributed by atoms with Gasteiger partial charge in [0.15, 0.2) is 0 Å². The van der Waals surface area contributed by atoms with Gasteiger partial charge >= 0.3 is 0 Å². The first-order valence-electron chi connectivity index (χ1n) is 11.3. The molecule has 1 N–H and O–H groups in total. The molecule has 0 aliphatic carbocycles. The van der Waals surface area contributed by atoms with Gasteiger partial charge in [0.2, 0.25) is 0 Å². The lowest BCUT2D eigenvalue weighted by atomic mass is 9.84. The summed E-state index contributed by atoms with van der Waals surface area (Å²) in [6.45, 7) is 11.0. The van der Waals surface area contributed by atoms with Crippen LogP contribution in [0.4, 0.5) is 0 Å². The maximum atomic E-state index is 13.1. The van der Waals surface area contributed by atoms with Gasteiger partial charge in [-0.1, -0.05) is 39.8 Å². The van der Waals surface area contributed by atoms with Gasteiger partial charge < -0.3 is 19.5 Å². The summed E-state index contributed by atoms with van der Waals surface area (Å²) in [6.07, 6.45) is 0.685. The van der Waals surface area contributed by atoms with Crippen molar-refractivity contribution in [3.63, 3.8) is 0 Å². The second-order valence-corrected chi connectivity index (χ2v) is 9.16. The van der Waals surface area contributed by atoms with Crippen molar-refractivity contribution in [3.05, 3.63) is 64.7 Å². The second-order valence-electron chi connectivity index (χ2n) is 9.16. The summed E-state index contributed by atoms with van der Waals surface area (Å²) in [7, 11) is 1.57. The summed E-state index contributed by atoms with van der Waals surface area (Å²) in [4.78, 5) is 27.6. The van der Waals surface area contributed by atoms with Gasteiger partial charge in [0, 0.05) is 17.7 Å². The third-order valence-corrected chi connectivity index (χ3v) is 5.77. The molecular formula is C27H33NO5. The first-order chi connectivity index (χ1) is 15.6. The van der Waals surface area contributed by atoms with E-state index in [4.69, 9.17) is 9.47 Å². The molecule has 1 atom stereocenters. The highest BCUT2D eigenvalue weighted by Crippen LogP contribution is 2.41. The summed E-state index contributed by atoms with van der Waals surface area (Å²) in [5, 5.41) is 11.4. The topological polar surface area (TPSA) is 76.1 Å². The van der Waals surface area contributed by atoms with Crippen LogP contribution in [0.25, 0.3) is 5.76 Å². The smallest absolute Gasteiger partial charge is 0.295 e. The predicted molar refractivity (Wildman–Crippen MR) is 129 cm³/mol. The molecule has 1 heterocycles. The van der Waals surface area contributed by atoms with Crippen molar-refractivity contribution in [2.45, 2.75) is 52.5 Å². The van der Waals surface area contributed by atoms with Gasteiger partial charge in [0.05, 0.1) is 25.3 Å². The highest BCUT2D eigenvalue weighted by molar-refractivity contribution is 6.46. The fraction of sp³-hybridized carbons (Fsp3) is 0.407. The average Bonchev–Trinajstić information content (AvgIpc) is 3.03. The van der Waals surface area contributed by atoms with E-state index < -0.39 is 17.7 Å². The number of ether oxygens (including phenoxy) is 2. The largest absolute Gasteiger partial charge is 0.507 e. The quantitative estimate of drug-likeness (QED) is 0.355. The van der Waals surface area contributed by atoms with E-state index in [0.717, 1.165) is 11.3 Å². The summed E-state index contributed by atoms with van der Waals surface area (Å²) in [5.74, 6) is -0.121. The first-order valence-corrected chi connectivity index (χ1v) is 11.3. The fourth-order valence-corrected chi connectivity index (χ4v) is 4.21. The van der Waals surface area contributed by atoms with Crippen molar-refractivity contribution in [1.29, 1.82) is 0 Å². The monoisotopic (exact) mass is 451 g/mol. The molecule has 1 aliphatic rings. The molecule has 0 bridgehead atoms. The highest BCUT2D eigenvalue weighted by Gasteiger charge is 2.45. The molecule has 6 nitrogen and oxygen atoms in total. The van der Waals surface area contributed by atoms with E-state index in [1.807, 2.05) is 38.1 Å². The van der Waals surface area contributed by atoms with Gasteiger partial charge in [-0.2, -0.15) is 0 Å². The number of ketones is 1. The maximum absolute atomic E-state index is 13.1. The Kier molecular flexibility index (Phi) is 7.15. The molecule has 3 rings (SSSR count). The molecule has 6 heteroatoms. The molecule has 1 fully saturated rings. The standard InChI is InChI=1S/C27H33NO5/c1-7-14-28-23(17-10-9-11-19(15-17)32-6)22(25(30)26(28)31)24(29)18-12-13-21(33-8-2)20(16-18)27(3,4)5/h9-13,15-16,23,29H,7-8,14H2,1-6H3/b24-22-. The first kappa shape index (κ1) is 24.4. The molecular weight excluding hydrogens is 418 g/mol. The van der Waals surface area contributed by atoms with E-state index in [2.05, 4.69) is 20.8 Å². The van der Waals surface area contributed by atoms with Crippen LogP contribution >= 0.6 is 0 Å². The van der Waals surface area contributed by atoms with Crippen LogP contribution in [0.1, 0.15) is 63.8 Å². The Morgan fingerprint density at radius 2 is 1.82 bits per heavy atom. The number of aliphatic hydroxyl groups excluding tert-OH is 1. The second kappa shape index (κ2) is 9.69. The Bertz CT molecular complexity index is 1080. The molecule has 0 aromatic heterocycles. The molecule has 0 saturated carbocycles. The number of nitrogens with zero attached hydrogens (tertiary/aromatic N) is 1. The van der Waals surface area contributed by atoms with Crippen molar-refractivity contribution < 1.29 is 24.2 Å². The molecule has 33 heavy (non-hydrogen) atoms. The van der Waals surface area contributed by atoms with Gasteiger partial charge in [-0.15, -0.1) is 0 Å². The van der Waals surface area contributed by atoms with E-state index in [1.165, 1.54) is 4.90 Å². The molecule has 1 aliphatic heterocycles. The van der Waals surface area contributed by atoms with Crippen molar-refractivity contribution in [2.75, 3.05) is 20.3 Å². The minimum absolute atomic E-state index is 0.0886. The van der Waals surface area contributed by atoms with E-state index in [-0.39, 0.29) is 16.7 Å². The Morgan fingerprint density at radius 1 is 1.09 bits per heavy atom. The predicted octanol–water partition coefficient (Wildman–Crippen LogP) is 5.22. The Labute approximate surface area is 195 Å². The minimum Gasteiger partial charge on any atom is -0.507 e. The third-order valence-electron chi connectivity index (χ3n) is 5.77. The summed E-state index contributed by atoms with van der Waals surface area (Å²) in [5.41, 5.74) is 1.94. The third kappa shape index (κ3) is 4.75. The molecule has 1 saturated heterocycles. The fourth-order valence-electron chi connectivity index (χ4n) is 4.21. The zero-order valence-electron chi connectivity index (χ0n) is 20.3. The maximum Gasteiger partial charge on any atom is 0.295 e. The lowest BCUT2D eigenvalue weighted by Crippen LogP contribution is -2.30. The van der Waals surface area contributed by atoms with Crippen LogP contribution in [0.5, 0.6) is 11.5 Å². The number of likely N-dealkylation sites (tertiary alicyclic amines) is 1.